The number of anilines is 1. The molecular formula is C29H33N7O4. The monoisotopic (exact) mass is 543 g/mol. The van der Waals surface area contributed by atoms with Crippen LogP contribution >= 0.6 is 0 Å². The van der Waals surface area contributed by atoms with Crippen molar-refractivity contribution in [1.29, 1.82) is 0 Å². The molecule has 0 radical (unpaired) electrons. The van der Waals surface area contributed by atoms with Crippen LogP contribution in [0.15, 0.2) is 61.3 Å². The lowest BCUT2D eigenvalue weighted by molar-refractivity contribution is -0.123. The number of hydrogen-bond acceptors (Lipinski definition) is 7. The van der Waals surface area contributed by atoms with E-state index in [-0.39, 0.29) is 12.5 Å². The number of carbonyl (C=O) groups is 2. The smallest absolute Gasteiger partial charge is 0.248 e. The van der Waals surface area contributed by atoms with Gasteiger partial charge in [0.2, 0.25) is 11.8 Å². The predicted octanol–water partition coefficient (Wildman–Crippen LogP) is 2.67. The van der Waals surface area contributed by atoms with E-state index >= 15 is 0 Å². The third-order valence-corrected chi connectivity index (χ3v) is 6.90. The number of nitrogens with two attached hydrogens (primary N) is 1. The van der Waals surface area contributed by atoms with Crippen molar-refractivity contribution in [2.24, 2.45) is 11.7 Å². The largest absolute Gasteiger partial charge is 0.492 e. The van der Waals surface area contributed by atoms with Crippen LogP contribution in [0.25, 0.3) is 11.1 Å². The second-order valence-electron chi connectivity index (χ2n) is 10.0. The topological polar surface area (TPSA) is 142 Å². The summed E-state index contributed by atoms with van der Waals surface area (Å²) in [6.07, 6.45) is 7.94. The number of aromatic amines is 2. The van der Waals surface area contributed by atoms with Crippen LogP contribution in [0.5, 0.6) is 11.5 Å². The van der Waals surface area contributed by atoms with Gasteiger partial charge in [-0.2, -0.15) is 5.10 Å². The molecule has 0 fully saturated rings. The first-order valence-electron chi connectivity index (χ1n) is 13.1. The third kappa shape index (κ3) is 6.15. The number of likely N-dealkylation sites (N-methyl/N-ethyl adjacent to an activating group) is 1. The van der Waals surface area contributed by atoms with Crippen LogP contribution in [0.3, 0.4) is 0 Å². The Bertz CT molecular complexity index is 1450. The molecule has 2 aromatic heterocycles. The van der Waals surface area contributed by atoms with Gasteiger partial charge in [-0.15, -0.1) is 0 Å². The lowest BCUT2D eigenvalue weighted by Gasteiger charge is -2.32. The van der Waals surface area contributed by atoms with E-state index in [4.69, 9.17) is 15.2 Å². The van der Waals surface area contributed by atoms with Crippen LogP contribution in [0.2, 0.25) is 0 Å². The first-order valence-corrected chi connectivity index (χ1v) is 13.1. The van der Waals surface area contributed by atoms with Crippen LogP contribution < -0.4 is 20.1 Å². The van der Waals surface area contributed by atoms with E-state index < -0.39 is 11.8 Å². The van der Waals surface area contributed by atoms with Crippen LogP contribution in [0.1, 0.15) is 21.6 Å². The average molecular weight is 544 g/mol. The number of benzene rings is 2. The van der Waals surface area contributed by atoms with Crippen molar-refractivity contribution in [2.75, 3.05) is 45.3 Å². The zero-order valence-electron chi connectivity index (χ0n) is 22.6. The van der Waals surface area contributed by atoms with Crippen LogP contribution in [-0.4, -0.2) is 77.3 Å². The molecule has 3 heterocycles. The highest BCUT2D eigenvalue weighted by Gasteiger charge is 2.32. The SMILES string of the molecule is CN(C)CCOc1cc(-c2cn[nH]c2)ccc1N(CCc1cnc[nH]1)C(=O)C1COc2ccc(C(N)=O)cc2C1. The molecule has 2 amide bonds. The predicted molar refractivity (Wildman–Crippen MR) is 150 cm³/mol. The molecule has 0 saturated heterocycles. The molecule has 1 aliphatic rings. The van der Waals surface area contributed by atoms with Crippen LogP contribution in [0, 0.1) is 5.92 Å². The standard InChI is InChI=1S/C29H33N7O4/c1-35(2)9-10-39-27-13-19(23-14-33-34-15-23)3-5-25(27)36(8-7-24-16-31-18-32-24)29(38)22-12-21-11-20(28(30)37)4-6-26(21)40-17-22/h3-6,11,13-16,18,22H,7-10,12,17H2,1-2H3,(H2,30,37)(H,31,32)(H,33,34). The molecule has 0 aliphatic carbocycles. The second-order valence-corrected chi connectivity index (χ2v) is 10.0. The highest BCUT2D eigenvalue weighted by Crippen LogP contribution is 2.36. The molecule has 11 heteroatoms. The van der Waals surface area contributed by atoms with Crippen molar-refractivity contribution in [3.8, 4) is 22.6 Å². The molecule has 1 unspecified atom stereocenters. The number of ether oxygens (including phenoxy) is 2. The maximum absolute atomic E-state index is 14.2. The lowest BCUT2D eigenvalue weighted by Crippen LogP contribution is -2.42. The fourth-order valence-electron chi connectivity index (χ4n) is 4.71. The van der Waals surface area contributed by atoms with Gasteiger partial charge >= 0.3 is 0 Å². The van der Waals surface area contributed by atoms with Crippen molar-refractivity contribution in [3.63, 3.8) is 0 Å². The number of fused-ring (bicyclic) bond motifs is 1. The van der Waals surface area contributed by atoms with Gasteiger partial charge < -0.3 is 30.0 Å². The van der Waals surface area contributed by atoms with Gasteiger partial charge in [0.25, 0.3) is 0 Å². The quantitative estimate of drug-likeness (QED) is 0.264. The Morgan fingerprint density at radius 3 is 2.73 bits per heavy atom. The first kappa shape index (κ1) is 26.9. The fraction of sp³-hybridized carbons (Fsp3) is 0.310. The van der Waals surface area contributed by atoms with Crippen molar-refractivity contribution in [2.45, 2.75) is 12.8 Å². The number of carbonyl (C=O) groups excluding carboxylic acids is 2. The van der Waals surface area contributed by atoms with Crippen LogP contribution in [-0.2, 0) is 17.6 Å². The molecule has 11 nitrogen and oxygen atoms in total. The van der Waals surface area contributed by atoms with E-state index in [1.54, 1.807) is 41.8 Å². The highest BCUT2D eigenvalue weighted by atomic mass is 16.5. The molecule has 208 valence electrons. The average Bonchev–Trinajstić information content (AvgIpc) is 3.68. The Balaban J connectivity index is 1.47. The van der Waals surface area contributed by atoms with Gasteiger partial charge in [0, 0.05) is 48.7 Å². The van der Waals surface area contributed by atoms with Gasteiger partial charge in [0.1, 0.15) is 24.7 Å². The van der Waals surface area contributed by atoms with E-state index in [1.165, 1.54) is 0 Å². The summed E-state index contributed by atoms with van der Waals surface area (Å²) >= 11 is 0. The number of rotatable bonds is 11. The van der Waals surface area contributed by atoms with Gasteiger partial charge in [-0.1, -0.05) is 6.07 Å². The molecule has 4 N–H and O–H groups in total. The summed E-state index contributed by atoms with van der Waals surface area (Å²) in [5.41, 5.74) is 10.1. The van der Waals surface area contributed by atoms with Gasteiger partial charge in [0.15, 0.2) is 0 Å². The zero-order chi connectivity index (χ0) is 28.1. The molecule has 1 aliphatic heterocycles. The number of aromatic nitrogens is 4. The number of imidazole rings is 1. The van der Waals surface area contributed by atoms with Gasteiger partial charge in [-0.25, -0.2) is 4.98 Å². The normalized spacial score (nSPS) is 14.4. The van der Waals surface area contributed by atoms with Gasteiger partial charge in [-0.3, -0.25) is 14.7 Å². The van der Waals surface area contributed by atoms with Crippen molar-refractivity contribution in [1.82, 2.24) is 25.1 Å². The van der Waals surface area contributed by atoms with Gasteiger partial charge in [-0.05, 0) is 62.0 Å². The Morgan fingerprint density at radius 2 is 2.00 bits per heavy atom. The Hall–Kier alpha value is -4.64. The Morgan fingerprint density at radius 1 is 1.12 bits per heavy atom. The Kier molecular flexibility index (Phi) is 8.11. The summed E-state index contributed by atoms with van der Waals surface area (Å²) in [6, 6.07) is 10.9. The van der Waals surface area contributed by atoms with Crippen molar-refractivity contribution < 1.29 is 19.1 Å². The first-order chi connectivity index (χ1) is 19.4. The number of nitrogens with zero attached hydrogens (tertiary/aromatic N) is 4. The molecular weight excluding hydrogens is 510 g/mol. The van der Waals surface area contributed by atoms with E-state index in [2.05, 4.69) is 20.2 Å². The highest BCUT2D eigenvalue weighted by molar-refractivity contribution is 5.97. The number of nitrogens with one attached hydrogen (secondary N) is 2. The molecule has 2 aromatic carbocycles. The Labute approximate surface area is 232 Å². The fourth-order valence-corrected chi connectivity index (χ4v) is 4.71. The number of H-pyrrole nitrogens is 2. The van der Waals surface area contributed by atoms with E-state index in [0.29, 0.717) is 55.3 Å². The minimum Gasteiger partial charge on any atom is -0.492 e. The van der Waals surface area contributed by atoms with Crippen molar-refractivity contribution in [3.05, 3.63) is 78.1 Å². The summed E-state index contributed by atoms with van der Waals surface area (Å²) in [5.74, 6) is 0.195. The van der Waals surface area contributed by atoms with E-state index in [0.717, 1.165) is 22.4 Å². The van der Waals surface area contributed by atoms with E-state index in [1.807, 2.05) is 43.4 Å². The summed E-state index contributed by atoms with van der Waals surface area (Å²) in [6.45, 7) is 1.80. The summed E-state index contributed by atoms with van der Waals surface area (Å²) in [5, 5.41) is 6.91. The van der Waals surface area contributed by atoms with Crippen LogP contribution in [0.4, 0.5) is 5.69 Å². The maximum Gasteiger partial charge on any atom is 0.248 e. The minimum absolute atomic E-state index is 0.0943. The summed E-state index contributed by atoms with van der Waals surface area (Å²) in [7, 11) is 3.97. The molecule has 0 bridgehead atoms. The minimum atomic E-state index is -0.519. The molecule has 4 aromatic rings. The zero-order valence-corrected chi connectivity index (χ0v) is 22.6. The molecule has 1 atom stereocenters. The summed E-state index contributed by atoms with van der Waals surface area (Å²) in [4.78, 5) is 37.0. The molecule has 0 saturated carbocycles. The molecule has 5 rings (SSSR count). The number of amides is 2. The maximum atomic E-state index is 14.2. The third-order valence-electron chi connectivity index (χ3n) is 6.90. The molecule has 0 spiro atoms. The number of hydrogen-bond donors (Lipinski definition) is 3. The van der Waals surface area contributed by atoms with Crippen molar-refractivity contribution >= 4 is 17.5 Å². The second kappa shape index (κ2) is 12.0. The van der Waals surface area contributed by atoms with Gasteiger partial charge in [0.05, 0.1) is 24.1 Å². The van der Waals surface area contributed by atoms with E-state index in [9.17, 15) is 9.59 Å². The summed E-state index contributed by atoms with van der Waals surface area (Å²) < 4.78 is 12.2. The number of primary amides is 1. The lowest BCUT2D eigenvalue weighted by atomic mass is 9.93. The molecule has 40 heavy (non-hydrogen) atoms.